The van der Waals surface area contributed by atoms with Gasteiger partial charge in [0.1, 0.15) is 17.2 Å². The lowest BCUT2D eigenvalue weighted by Gasteiger charge is -2.31. The van der Waals surface area contributed by atoms with E-state index in [1.165, 1.54) is 29.5 Å². The van der Waals surface area contributed by atoms with Crippen LogP contribution in [0.3, 0.4) is 0 Å². The summed E-state index contributed by atoms with van der Waals surface area (Å²) in [4.78, 5) is 18.1. The Labute approximate surface area is 224 Å². The van der Waals surface area contributed by atoms with Crippen LogP contribution in [0.1, 0.15) is 53.3 Å². The van der Waals surface area contributed by atoms with Gasteiger partial charge in [0.25, 0.3) is 0 Å². The highest BCUT2D eigenvalue weighted by molar-refractivity contribution is 7.22. The average Bonchev–Trinajstić information content (AvgIpc) is 3.52. The summed E-state index contributed by atoms with van der Waals surface area (Å²) >= 11 is 1.52. The maximum absolute atomic E-state index is 13.0. The summed E-state index contributed by atoms with van der Waals surface area (Å²) in [7, 11) is 0. The number of thiazole rings is 1. The molecule has 1 aliphatic heterocycles. The smallest absolute Gasteiger partial charge is 0.478 e. The minimum Gasteiger partial charge on any atom is -0.478 e. The Morgan fingerprint density at radius 2 is 1.90 bits per heavy atom. The van der Waals surface area contributed by atoms with Gasteiger partial charge in [-0.2, -0.15) is 0 Å². The largest absolute Gasteiger partial charge is 0.573 e. The Bertz CT molecular complexity index is 1510. The second-order valence-corrected chi connectivity index (χ2v) is 10.7. The third-order valence-corrected chi connectivity index (χ3v) is 8.03. The van der Waals surface area contributed by atoms with E-state index in [4.69, 9.17) is 9.26 Å². The van der Waals surface area contributed by atoms with Crippen molar-refractivity contribution in [2.75, 3.05) is 18.0 Å². The number of halogens is 3. The molecule has 3 heterocycles. The van der Waals surface area contributed by atoms with Gasteiger partial charge in [-0.05, 0) is 56.0 Å². The van der Waals surface area contributed by atoms with E-state index in [2.05, 4.69) is 19.8 Å². The Morgan fingerprint density at radius 1 is 1.13 bits per heavy atom. The van der Waals surface area contributed by atoms with E-state index < -0.39 is 12.3 Å². The highest BCUT2D eigenvalue weighted by atomic mass is 32.1. The van der Waals surface area contributed by atoms with E-state index in [9.17, 15) is 23.1 Å². The van der Waals surface area contributed by atoms with Gasteiger partial charge in [0.15, 0.2) is 5.13 Å². The van der Waals surface area contributed by atoms with Crippen LogP contribution in [0, 0.1) is 0 Å². The van der Waals surface area contributed by atoms with Crippen molar-refractivity contribution in [3.63, 3.8) is 0 Å². The number of fused-ring (bicyclic) bond motifs is 1. The lowest BCUT2D eigenvalue weighted by molar-refractivity contribution is -0.274. The number of carboxylic acids is 1. The molecule has 39 heavy (non-hydrogen) atoms. The van der Waals surface area contributed by atoms with Gasteiger partial charge in [0.2, 0.25) is 0 Å². The standard InChI is InChI=1S/C27H24F3N3O5S/c28-27(29,30)37-21-4-2-1-3-18(21)23-19(24(38-32-23)15-5-6-15)14-36-17-9-11-33(12-10-17)26-31-20-13-16(25(34)35)7-8-22(20)39-26/h1-4,7-8,13,15,17H,5-6,9-12,14H2,(H,34,35). The van der Waals surface area contributed by atoms with Crippen LogP contribution in [-0.2, 0) is 11.3 Å². The monoisotopic (exact) mass is 559 g/mol. The van der Waals surface area contributed by atoms with Gasteiger partial charge in [-0.15, -0.1) is 13.2 Å². The van der Waals surface area contributed by atoms with Crippen molar-refractivity contribution in [1.29, 1.82) is 0 Å². The van der Waals surface area contributed by atoms with Gasteiger partial charge in [-0.25, -0.2) is 9.78 Å². The fraction of sp³-hybridized carbons (Fsp3) is 0.370. The Balaban J connectivity index is 1.14. The summed E-state index contributed by atoms with van der Waals surface area (Å²) < 4.78 is 56.1. The van der Waals surface area contributed by atoms with Crippen molar-refractivity contribution in [3.8, 4) is 17.0 Å². The van der Waals surface area contributed by atoms with Gasteiger partial charge in [-0.3, -0.25) is 0 Å². The first kappa shape index (κ1) is 25.6. The average molecular weight is 560 g/mol. The molecule has 1 N–H and O–H groups in total. The Kier molecular flexibility index (Phi) is 6.67. The highest BCUT2D eigenvalue weighted by Gasteiger charge is 2.36. The Morgan fingerprint density at radius 3 is 2.62 bits per heavy atom. The van der Waals surface area contributed by atoms with Crippen molar-refractivity contribution < 1.29 is 37.1 Å². The molecule has 0 bridgehead atoms. The number of ether oxygens (including phenoxy) is 2. The number of nitrogens with zero attached hydrogens (tertiary/aromatic N) is 3. The van der Waals surface area contributed by atoms with Crippen LogP contribution >= 0.6 is 11.3 Å². The third kappa shape index (κ3) is 5.57. The zero-order valence-corrected chi connectivity index (χ0v) is 21.4. The maximum atomic E-state index is 13.0. The molecule has 12 heteroatoms. The van der Waals surface area contributed by atoms with Crippen LogP contribution in [0.25, 0.3) is 21.5 Å². The predicted molar refractivity (Wildman–Crippen MR) is 137 cm³/mol. The molecule has 0 spiro atoms. The van der Waals surface area contributed by atoms with Gasteiger partial charge < -0.3 is 24.0 Å². The minimum atomic E-state index is -4.83. The number of carboxylic acid groups (broad SMARTS) is 1. The predicted octanol–water partition coefficient (Wildman–Crippen LogP) is 6.61. The van der Waals surface area contributed by atoms with Crippen LogP contribution in [0.4, 0.5) is 18.3 Å². The van der Waals surface area contributed by atoms with E-state index in [0.717, 1.165) is 35.5 Å². The van der Waals surface area contributed by atoms with E-state index in [1.807, 2.05) is 0 Å². The molecule has 1 saturated carbocycles. The molecule has 1 saturated heterocycles. The molecule has 204 valence electrons. The normalized spacial score (nSPS) is 16.6. The number of carbonyl (C=O) groups is 1. The van der Waals surface area contributed by atoms with Crippen LogP contribution in [0.5, 0.6) is 5.75 Å². The second-order valence-electron chi connectivity index (χ2n) is 9.67. The van der Waals surface area contributed by atoms with Gasteiger partial charge in [-0.1, -0.05) is 28.6 Å². The molecular weight excluding hydrogens is 535 g/mol. The number of aromatic carboxylic acids is 1. The molecule has 0 atom stereocenters. The number of aromatic nitrogens is 2. The zero-order chi connectivity index (χ0) is 27.1. The highest BCUT2D eigenvalue weighted by Crippen LogP contribution is 2.46. The third-order valence-electron chi connectivity index (χ3n) is 6.93. The molecule has 2 aromatic heterocycles. The van der Waals surface area contributed by atoms with Crippen LogP contribution < -0.4 is 9.64 Å². The number of rotatable bonds is 8. The van der Waals surface area contributed by atoms with Gasteiger partial charge in [0.05, 0.1) is 28.5 Å². The lowest BCUT2D eigenvalue weighted by atomic mass is 10.0. The maximum Gasteiger partial charge on any atom is 0.573 e. The van der Waals surface area contributed by atoms with Crippen molar-refractivity contribution in [2.24, 2.45) is 0 Å². The molecule has 0 radical (unpaired) electrons. The van der Waals surface area contributed by atoms with Crippen molar-refractivity contribution in [1.82, 2.24) is 10.1 Å². The van der Waals surface area contributed by atoms with Crippen LogP contribution in [0.2, 0.25) is 0 Å². The molecule has 2 aliphatic rings. The summed E-state index contributed by atoms with van der Waals surface area (Å²) in [5, 5.41) is 14.2. The summed E-state index contributed by atoms with van der Waals surface area (Å²) in [5.41, 5.74) is 2.05. The second kappa shape index (κ2) is 10.2. The number of anilines is 1. The van der Waals surface area contributed by atoms with Crippen LogP contribution in [-0.4, -0.2) is 46.8 Å². The summed E-state index contributed by atoms with van der Waals surface area (Å²) in [6.07, 6.45) is -1.52. The first-order chi connectivity index (χ1) is 18.7. The number of benzene rings is 2. The topological polar surface area (TPSA) is 97.9 Å². The van der Waals surface area contributed by atoms with Gasteiger partial charge >= 0.3 is 12.3 Å². The first-order valence-corrected chi connectivity index (χ1v) is 13.4. The van der Waals surface area contributed by atoms with Crippen molar-refractivity contribution in [2.45, 2.75) is 50.7 Å². The molecule has 8 nitrogen and oxygen atoms in total. The molecule has 0 amide bonds. The molecule has 6 rings (SSSR count). The number of alkyl halides is 3. The van der Waals surface area contributed by atoms with Crippen molar-refractivity contribution >= 4 is 32.7 Å². The summed E-state index contributed by atoms with van der Waals surface area (Å²) in [6.45, 7) is 1.60. The van der Waals surface area contributed by atoms with E-state index in [-0.39, 0.29) is 35.5 Å². The molecular formula is C27H24F3N3O5S. The number of piperidine rings is 1. The molecule has 1 aliphatic carbocycles. The number of hydrogen-bond acceptors (Lipinski definition) is 8. The number of hydrogen-bond donors (Lipinski definition) is 1. The summed E-state index contributed by atoms with van der Waals surface area (Å²) in [6, 6.07) is 10.9. The molecule has 2 fully saturated rings. The number of para-hydroxylation sites is 1. The molecule has 0 unspecified atom stereocenters. The Hall–Kier alpha value is -3.64. The van der Waals surface area contributed by atoms with E-state index >= 15 is 0 Å². The fourth-order valence-corrected chi connectivity index (χ4v) is 5.81. The lowest BCUT2D eigenvalue weighted by Crippen LogP contribution is -2.37. The quantitative estimate of drug-likeness (QED) is 0.258. The SMILES string of the molecule is O=C(O)c1ccc2sc(N3CCC(OCc4c(-c5ccccc5OC(F)(F)F)noc4C4CC4)CC3)nc2c1. The van der Waals surface area contributed by atoms with Crippen molar-refractivity contribution in [3.05, 3.63) is 59.4 Å². The molecule has 2 aromatic carbocycles. The van der Waals surface area contributed by atoms with Gasteiger partial charge in [0, 0.05) is 30.1 Å². The van der Waals surface area contributed by atoms with E-state index in [0.29, 0.717) is 35.6 Å². The zero-order valence-electron chi connectivity index (χ0n) is 20.6. The summed E-state index contributed by atoms with van der Waals surface area (Å²) in [5.74, 6) is -0.453. The minimum absolute atomic E-state index is 0.0503. The first-order valence-electron chi connectivity index (χ1n) is 12.6. The fourth-order valence-electron chi connectivity index (χ4n) is 4.81. The van der Waals surface area contributed by atoms with Crippen LogP contribution in [0.15, 0.2) is 47.0 Å². The van der Waals surface area contributed by atoms with E-state index in [1.54, 1.807) is 24.3 Å². The molecule has 4 aromatic rings.